The van der Waals surface area contributed by atoms with E-state index in [4.69, 9.17) is 10.1 Å². The Bertz CT molecular complexity index is 420. The van der Waals surface area contributed by atoms with Crippen molar-refractivity contribution in [1.29, 1.82) is 5.26 Å². The third kappa shape index (κ3) is 6.05. The first-order chi connectivity index (χ1) is 9.30. The van der Waals surface area contributed by atoms with Gasteiger partial charge in [-0.3, -0.25) is 0 Å². The van der Waals surface area contributed by atoms with E-state index in [2.05, 4.69) is 18.1 Å². The Hall–Kier alpha value is -1.82. The van der Waals surface area contributed by atoms with E-state index in [1.807, 2.05) is 37.3 Å². The molecular weight excluding hydrogens is 236 g/mol. The third-order valence-electron chi connectivity index (χ3n) is 2.98. The molecule has 1 atom stereocenters. The molecular formula is C16H22N2O. The minimum atomic E-state index is 0.0593. The van der Waals surface area contributed by atoms with Crippen LogP contribution in [0.25, 0.3) is 0 Å². The van der Waals surface area contributed by atoms with Gasteiger partial charge in [-0.05, 0) is 18.4 Å². The smallest absolute Gasteiger partial charge is 0.142 e. The van der Waals surface area contributed by atoms with E-state index < -0.39 is 0 Å². The van der Waals surface area contributed by atoms with E-state index in [1.54, 1.807) is 0 Å². The van der Waals surface area contributed by atoms with Crippen LogP contribution in [-0.2, 0) is 11.4 Å². The summed E-state index contributed by atoms with van der Waals surface area (Å²) >= 11 is 0. The monoisotopic (exact) mass is 258 g/mol. The number of hydrogen-bond donors (Lipinski definition) is 0. The number of nitriles is 1. The Morgan fingerprint density at radius 3 is 2.63 bits per heavy atom. The van der Waals surface area contributed by atoms with Crippen LogP contribution in [-0.4, -0.2) is 5.71 Å². The first-order valence-electron chi connectivity index (χ1n) is 6.91. The summed E-state index contributed by atoms with van der Waals surface area (Å²) in [6, 6.07) is 12.3. The molecule has 0 aromatic heterocycles. The zero-order valence-corrected chi connectivity index (χ0v) is 11.8. The molecule has 0 saturated carbocycles. The quantitative estimate of drug-likeness (QED) is 0.515. The van der Waals surface area contributed by atoms with E-state index in [1.165, 1.54) is 0 Å². The van der Waals surface area contributed by atoms with Gasteiger partial charge < -0.3 is 4.84 Å². The summed E-state index contributed by atoms with van der Waals surface area (Å²) in [7, 11) is 0. The van der Waals surface area contributed by atoms with Crippen LogP contribution >= 0.6 is 0 Å². The minimum Gasteiger partial charge on any atom is -0.391 e. The second kappa shape index (κ2) is 9.16. The minimum absolute atomic E-state index is 0.0593. The fraction of sp³-hybridized carbons (Fsp3) is 0.500. The van der Waals surface area contributed by atoms with Gasteiger partial charge in [0.05, 0.1) is 17.7 Å². The highest BCUT2D eigenvalue weighted by atomic mass is 16.6. The fourth-order valence-corrected chi connectivity index (χ4v) is 1.86. The molecule has 0 bridgehead atoms. The molecule has 0 aliphatic heterocycles. The molecule has 0 aliphatic carbocycles. The highest BCUT2D eigenvalue weighted by molar-refractivity contribution is 5.84. The molecule has 1 unspecified atom stereocenters. The highest BCUT2D eigenvalue weighted by Gasteiger charge is 2.10. The molecule has 0 amide bonds. The topological polar surface area (TPSA) is 45.4 Å². The number of hydrogen-bond acceptors (Lipinski definition) is 3. The average Bonchev–Trinajstić information content (AvgIpc) is 2.46. The van der Waals surface area contributed by atoms with Crippen LogP contribution in [0.15, 0.2) is 35.5 Å². The zero-order valence-electron chi connectivity index (χ0n) is 11.8. The lowest BCUT2D eigenvalue weighted by molar-refractivity contribution is 0.129. The lowest BCUT2D eigenvalue weighted by Crippen LogP contribution is -2.07. The molecule has 1 aromatic rings. The van der Waals surface area contributed by atoms with Crippen LogP contribution in [0, 0.1) is 17.2 Å². The maximum atomic E-state index is 9.06. The summed E-state index contributed by atoms with van der Waals surface area (Å²) < 4.78 is 0. The van der Waals surface area contributed by atoms with Gasteiger partial charge in [0.1, 0.15) is 6.61 Å². The Labute approximate surface area is 115 Å². The van der Waals surface area contributed by atoms with Crippen molar-refractivity contribution in [2.24, 2.45) is 11.1 Å². The van der Waals surface area contributed by atoms with Gasteiger partial charge >= 0.3 is 0 Å². The second-order valence-corrected chi connectivity index (χ2v) is 4.59. The Balaban J connectivity index is 2.46. The number of benzene rings is 1. The Kier molecular flexibility index (Phi) is 7.34. The molecule has 0 fully saturated rings. The summed E-state index contributed by atoms with van der Waals surface area (Å²) in [6.45, 7) is 4.62. The zero-order chi connectivity index (χ0) is 13.9. The molecule has 1 rings (SSSR count). The van der Waals surface area contributed by atoms with Gasteiger partial charge in [-0.2, -0.15) is 5.26 Å². The van der Waals surface area contributed by atoms with Gasteiger partial charge in [-0.25, -0.2) is 0 Å². The summed E-state index contributed by atoms with van der Waals surface area (Å²) in [4.78, 5) is 5.37. The molecule has 0 aliphatic rings. The maximum Gasteiger partial charge on any atom is 0.142 e. The van der Waals surface area contributed by atoms with Crippen molar-refractivity contribution in [3.05, 3.63) is 35.9 Å². The van der Waals surface area contributed by atoms with Crippen LogP contribution in [0.5, 0.6) is 0 Å². The summed E-state index contributed by atoms with van der Waals surface area (Å²) in [5, 5.41) is 13.2. The van der Waals surface area contributed by atoms with E-state index in [0.29, 0.717) is 6.61 Å². The van der Waals surface area contributed by atoms with Crippen molar-refractivity contribution in [2.45, 2.75) is 46.1 Å². The van der Waals surface area contributed by atoms with Gasteiger partial charge in [-0.1, -0.05) is 55.8 Å². The number of oxime groups is 1. The highest BCUT2D eigenvalue weighted by Crippen LogP contribution is 2.13. The van der Waals surface area contributed by atoms with Crippen molar-refractivity contribution in [2.75, 3.05) is 0 Å². The van der Waals surface area contributed by atoms with E-state index >= 15 is 0 Å². The van der Waals surface area contributed by atoms with Crippen molar-refractivity contribution in [1.82, 2.24) is 0 Å². The SMILES string of the molecule is CCCC(C#N)C/C(CC)=N/OCc1ccccc1. The van der Waals surface area contributed by atoms with Crippen LogP contribution < -0.4 is 0 Å². The number of nitrogens with zero attached hydrogens (tertiary/aromatic N) is 2. The summed E-state index contributed by atoms with van der Waals surface area (Å²) in [5.41, 5.74) is 2.07. The van der Waals surface area contributed by atoms with Crippen LogP contribution in [0.3, 0.4) is 0 Å². The van der Waals surface area contributed by atoms with Gasteiger partial charge in [0.2, 0.25) is 0 Å². The number of rotatable bonds is 8. The van der Waals surface area contributed by atoms with Crippen molar-refractivity contribution in [3.8, 4) is 6.07 Å². The van der Waals surface area contributed by atoms with Gasteiger partial charge in [-0.15, -0.1) is 0 Å². The molecule has 0 N–H and O–H groups in total. The third-order valence-corrected chi connectivity index (χ3v) is 2.98. The van der Waals surface area contributed by atoms with Crippen LogP contribution in [0.1, 0.15) is 45.1 Å². The molecule has 19 heavy (non-hydrogen) atoms. The first kappa shape index (κ1) is 15.2. The fourth-order valence-electron chi connectivity index (χ4n) is 1.86. The van der Waals surface area contributed by atoms with Crippen molar-refractivity contribution in [3.63, 3.8) is 0 Å². The molecule has 102 valence electrons. The van der Waals surface area contributed by atoms with Gasteiger partial charge in [0, 0.05) is 6.42 Å². The van der Waals surface area contributed by atoms with Crippen LogP contribution in [0.4, 0.5) is 0 Å². The average molecular weight is 258 g/mol. The summed E-state index contributed by atoms with van der Waals surface area (Å²) in [5.74, 6) is 0.0593. The lowest BCUT2D eigenvalue weighted by atomic mass is 9.98. The molecule has 3 heteroatoms. The lowest BCUT2D eigenvalue weighted by Gasteiger charge is -2.09. The molecule has 0 saturated heterocycles. The molecule has 1 aromatic carbocycles. The molecule has 0 radical (unpaired) electrons. The molecule has 0 heterocycles. The Morgan fingerprint density at radius 1 is 1.32 bits per heavy atom. The predicted octanol–water partition coefficient (Wildman–Crippen LogP) is 4.30. The normalized spacial score (nSPS) is 12.8. The van der Waals surface area contributed by atoms with Crippen molar-refractivity contribution >= 4 is 5.71 Å². The van der Waals surface area contributed by atoms with Crippen molar-refractivity contribution < 1.29 is 4.84 Å². The predicted molar refractivity (Wildman–Crippen MR) is 77.6 cm³/mol. The van der Waals surface area contributed by atoms with E-state index in [9.17, 15) is 0 Å². The van der Waals surface area contributed by atoms with Gasteiger partial charge in [0.25, 0.3) is 0 Å². The van der Waals surface area contributed by atoms with Gasteiger partial charge in [0.15, 0.2) is 0 Å². The molecule has 0 spiro atoms. The summed E-state index contributed by atoms with van der Waals surface area (Å²) in [6.07, 6.45) is 3.50. The first-order valence-corrected chi connectivity index (χ1v) is 6.91. The van der Waals surface area contributed by atoms with Crippen LogP contribution in [0.2, 0.25) is 0 Å². The standard InChI is InChI=1S/C16H22N2O/c1-3-8-15(12-17)11-16(4-2)18-19-13-14-9-6-5-7-10-14/h5-7,9-10,15H,3-4,8,11,13H2,1-2H3/b18-16+. The molecule has 3 nitrogen and oxygen atoms in total. The Morgan fingerprint density at radius 2 is 2.05 bits per heavy atom. The maximum absolute atomic E-state index is 9.06. The van der Waals surface area contributed by atoms with E-state index in [-0.39, 0.29) is 5.92 Å². The second-order valence-electron chi connectivity index (χ2n) is 4.59. The largest absolute Gasteiger partial charge is 0.391 e. The van der Waals surface area contributed by atoms with E-state index in [0.717, 1.165) is 37.0 Å².